The van der Waals surface area contributed by atoms with E-state index < -0.39 is 27.4 Å². The maximum Gasteiger partial charge on any atom is 0.338 e. The first-order valence-corrected chi connectivity index (χ1v) is 13.4. The molecule has 3 aromatic rings. The van der Waals surface area contributed by atoms with Gasteiger partial charge in [-0.3, -0.25) is 4.72 Å². The Morgan fingerprint density at radius 2 is 1.89 bits per heavy atom. The van der Waals surface area contributed by atoms with Gasteiger partial charge in [0.2, 0.25) is 0 Å². The minimum atomic E-state index is -4.17. The van der Waals surface area contributed by atoms with Gasteiger partial charge in [0.1, 0.15) is 16.6 Å². The third-order valence-electron chi connectivity index (χ3n) is 6.69. The summed E-state index contributed by atoms with van der Waals surface area (Å²) < 4.78 is 47.2. The van der Waals surface area contributed by atoms with E-state index in [2.05, 4.69) is 15.8 Å². The van der Waals surface area contributed by atoms with E-state index in [0.29, 0.717) is 10.4 Å². The molecule has 2 aliphatic carbocycles. The first-order valence-electron chi connectivity index (χ1n) is 11.1. The molecular weight excluding hydrogens is 491 g/mol. The second-order valence-corrected chi connectivity index (χ2v) is 11.4. The minimum Gasteiger partial charge on any atom is -0.495 e. The van der Waals surface area contributed by atoms with Crippen LogP contribution in [0.1, 0.15) is 48.0 Å². The van der Waals surface area contributed by atoms with Gasteiger partial charge in [-0.2, -0.15) is 8.42 Å². The highest BCUT2D eigenvalue weighted by Crippen LogP contribution is 2.56. The van der Waals surface area contributed by atoms with Crippen LogP contribution in [-0.2, 0) is 10.0 Å². The molecule has 1 saturated carbocycles. The van der Waals surface area contributed by atoms with Crippen molar-refractivity contribution in [2.24, 2.45) is 5.41 Å². The molecule has 5 rings (SSSR count). The summed E-state index contributed by atoms with van der Waals surface area (Å²) in [7, 11) is -2.94. The van der Waals surface area contributed by atoms with Crippen molar-refractivity contribution in [3.05, 3.63) is 64.8 Å². The summed E-state index contributed by atoms with van der Waals surface area (Å²) in [4.78, 5) is 15.4. The molecule has 0 saturated heterocycles. The average molecular weight is 515 g/mol. The number of hydrogen-bond donors (Lipinski definition) is 2. The molecule has 0 radical (unpaired) electrons. The number of nitrogens with zero attached hydrogens (tertiary/aromatic N) is 1. The van der Waals surface area contributed by atoms with Crippen molar-refractivity contribution in [3.63, 3.8) is 0 Å². The smallest absolute Gasteiger partial charge is 0.338 e. The summed E-state index contributed by atoms with van der Waals surface area (Å²) in [6.07, 6.45) is 8.52. The summed E-state index contributed by atoms with van der Waals surface area (Å²) >= 11 is 1.18. The third kappa shape index (κ3) is 4.68. The monoisotopic (exact) mass is 514 g/mol. The molecule has 0 amide bonds. The number of allylic oxidation sites excluding steroid dienone is 2. The first-order chi connectivity index (χ1) is 16.7. The summed E-state index contributed by atoms with van der Waals surface area (Å²) in [6, 6.07) is 9.65. The van der Waals surface area contributed by atoms with Gasteiger partial charge < -0.3 is 9.84 Å². The molecule has 2 N–H and O–H groups in total. The van der Waals surface area contributed by atoms with Crippen LogP contribution in [0.15, 0.2) is 52.9 Å². The molecule has 1 aromatic heterocycles. The lowest BCUT2D eigenvalue weighted by Crippen LogP contribution is -2.15. The predicted molar refractivity (Wildman–Crippen MR) is 132 cm³/mol. The van der Waals surface area contributed by atoms with E-state index in [9.17, 15) is 17.6 Å². The first kappa shape index (κ1) is 23.5. The molecule has 0 bridgehead atoms. The fourth-order valence-electron chi connectivity index (χ4n) is 4.34. The minimum absolute atomic E-state index is 0.122. The quantitative estimate of drug-likeness (QED) is 0.413. The molecule has 182 valence electrons. The Balaban J connectivity index is 1.35. The van der Waals surface area contributed by atoms with Crippen molar-refractivity contribution in [1.82, 2.24) is 4.98 Å². The van der Waals surface area contributed by atoms with Gasteiger partial charge in [0, 0.05) is 17.0 Å². The van der Waals surface area contributed by atoms with Gasteiger partial charge in [0.15, 0.2) is 5.03 Å². The molecule has 1 fully saturated rings. The lowest BCUT2D eigenvalue weighted by Gasteiger charge is -2.21. The molecule has 2 aliphatic rings. The van der Waals surface area contributed by atoms with Gasteiger partial charge in [-0.1, -0.05) is 30.3 Å². The number of aromatic nitrogens is 1. The number of carboxylic acid groups (broad SMARTS) is 1. The lowest BCUT2D eigenvalue weighted by molar-refractivity contribution is 0.0691. The normalized spacial score (nSPS) is 16.6. The number of ether oxygens (including phenoxy) is 1. The molecule has 0 atom stereocenters. The Kier molecular flexibility index (Phi) is 5.88. The van der Waals surface area contributed by atoms with Crippen LogP contribution in [0.3, 0.4) is 0 Å². The second kappa shape index (κ2) is 8.76. The van der Waals surface area contributed by atoms with E-state index in [1.165, 1.54) is 54.2 Å². The fraction of sp³-hybridized carbons (Fsp3) is 0.280. The Hall–Kier alpha value is -3.24. The van der Waals surface area contributed by atoms with Crippen molar-refractivity contribution in [2.45, 2.75) is 37.1 Å². The Bertz CT molecular complexity index is 1440. The largest absolute Gasteiger partial charge is 0.495 e. The number of thiazole rings is 1. The van der Waals surface area contributed by atoms with Crippen LogP contribution in [0, 0.1) is 11.2 Å². The van der Waals surface area contributed by atoms with Gasteiger partial charge in [-0.05, 0) is 54.7 Å². The number of aromatic carboxylic acids is 1. The molecule has 1 heterocycles. The molecule has 7 nitrogen and oxygen atoms in total. The number of carboxylic acids is 1. The highest BCUT2D eigenvalue weighted by atomic mass is 32.2. The fourth-order valence-corrected chi connectivity index (χ4v) is 6.50. The number of carbonyl (C=O) groups is 1. The SMILES string of the molecule is COc1cc(C(=O)O)c(F)cc1NS(=O)(=O)c1csc(-c2ccc(C3=CCC4(CC3)CC4)cc2)n1. The van der Waals surface area contributed by atoms with Crippen molar-refractivity contribution in [1.29, 1.82) is 0 Å². The number of halogens is 1. The zero-order chi connectivity index (χ0) is 24.8. The van der Waals surface area contributed by atoms with E-state index in [1.54, 1.807) is 0 Å². The van der Waals surface area contributed by atoms with Crippen LogP contribution in [0.4, 0.5) is 10.1 Å². The maximum atomic E-state index is 14.1. The van der Waals surface area contributed by atoms with Crippen molar-refractivity contribution in [2.75, 3.05) is 11.8 Å². The van der Waals surface area contributed by atoms with E-state index in [4.69, 9.17) is 9.84 Å². The zero-order valence-electron chi connectivity index (χ0n) is 18.9. The predicted octanol–water partition coefficient (Wildman–Crippen LogP) is 5.80. The average Bonchev–Trinajstić information content (AvgIpc) is 3.38. The molecular formula is C25H23FN2O5S2. The molecule has 2 aromatic carbocycles. The standard InChI is InChI=1S/C25H23FN2O5S2/c1-33-21-12-18(24(29)30)19(26)13-20(21)28-35(31,32)22-14-34-23(27-22)17-4-2-15(3-5-17)16-6-8-25(9-7-16)10-11-25/h2-6,12-14,28H,7-11H2,1H3,(H,29,30). The number of nitrogens with one attached hydrogen (secondary N) is 1. The van der Waals surface area contributed by atoms with Crippen molar-refractivity contribution in [3.8, 4) is 16.3 Å². The van der Waals surface area contributed by atoms with Crippen LogP contribution < -0.4 is 9.46 Å². The zero-order valence-corrected chi connectivity index (χ0v) is 20.5. The van der Waals surface area contributed by atoms with E-state index >= 15 is 0 Å². The van der Waals surface area contributed by atoms with Gasteiger partial charge in [0.25, 0.3) is 10.0 Å². The van der Waals surface area contributed by atoms with Crippen molar-refractivity contribution < 1.29 is 27.4 Å². The molecule has 10 heteroatoms. The molecule has 0 unspecified atom stereocenters. The lowest BCUT2D eigenvalue weighted by atomic mass is 9.84. The summed E-state index contributed by atoms with van der Waals surface area (Å²) in [6.45, 7) is 0. The summed E-state index contributed by atoms with van der Waals surface area (Å²) in [5, 5.41) is 10.8. The second-order valence-electron chi connectivity index (χ2n) is 8.94. The van der Waals surface area contributed by atoms with Crippen molar-refractivity contribution >= 4 is 38.6 Å². The summed E-state index contributed by atoms with van der Waals surface area (Å²) in [5.74, 6) is -2.70. The maximum absolute atomic E-state index is 14.1. The van der Waals surface area contributed by atoms with Crippen LogP contribution in [0.25, 0.3) is 16.1 Å². The van der Waals surface area contributed by atoms with E-state index in [-0.39, 0.29) is 16.5 Å². The van der Waals surface area contributed by atoms with Crippen LogP contribution >= 0.6 is 11.3 Å². The highest BCUT2D eigenvalue weighted by Gasteiger charge is 2.42. The number of rotatable bonds is 7. The highest BCUT2D eigenvalue weighted by molar-refractivity contribution is 7.92. The van der Waals surface area contributed by atoms with Crippen LogP contribution in [0.2, 0.25) is 0 Å². The van der Waals surface area contributed by atoms with Crippen LogP contribution in [-0.4, -0.2) is 31.6 Å². The number of anilines is 1. The topological polar surface area (TPSA) is 106 Å². The van der Waals surface area contributed by atoms with Gasteiger partial charge in [-0.25, -0.2) is 14.2 Å². The van der Waals surface area contributed by atoms with E-state index in [0.717, 1.165) is 30.5 Å². The Labute approximate surface area is 206 Å². The number of methoxy groups -OCH3 is 1. The van der Waals surface area contributed by atoms with Crippen LogP contribution in [0.5, 0.6) is 5.75 Å². The Morgan fingerprint density at radius 1 is 1.17 bits per heavy atom. The molecule has 0 aliphatic heterocycles. The number of hydrogen-bond acceptors (Lipinski definition) is 6. The Morgan fingerprint density at radius 3 is 2.49 bits per heavy atom. The third-order valence-corrected chi connectivity index (χ3v) is 8.98. The van der Waals surface area contributed by atoms with E-state index in [1.807, 2.05) is 24.3 Å². The van der Waals surface area contributed by atoms with Gasteiger partial charge in [-0.15, -0.1) is 11.3 Å². The number of benzene rings is 2. The number of sulfonamides is 1. The van der Waals surface area contributed by atoms with Gasteiger partial charge >= 0.3 is 5.97 Å². The summed E-state index contributed by atoms with van der Waals surface area (Å²) in [5.41, 5.74) is 3.06. The molecule has 35 heavy (non-hydrogen) atoms. The molecule has 1 spiro atoms. The van der Waals surface area contributed by atoms with Gasteiger partial charge in [0.05, 0.1) is 18.4 Å².